The molecule has 6 nitrogen and oxygen atoms in total. The number of aliphatic hydroxyl groups excluding tert-OH is 1. The van der Waals surface area contributed by atoms with Crippen molar-refractivity contribution in [3.8, 4) is 0 Å². The van der Waals surface area contributed by atoms with Gasteiger partial charge in [-0.2, -0.15) is 0 Å². The van der Waals surface area contributed by atoms with Crippen LogP contribution in [0, 0.1) is 0 Å². The third-order valence-corrected chi connectivity index (χ3v) is 3.50. The van der Waals surface area contributed by atoms with Crippen LogP contribution in [0.5, 0.6) is 0 Å². The van der Waals surface area contributed by atoms with Crippen LogP contribution in [0.15, 0.2) is 17.2 Å². The second kappa shape index (κ2) is 4.70. The van der Waals surface area contributed by atoms with E-state index in [0.717, 1.165) is 12.8 Å². The molecule has 1 aromatic rings. The van der Waals surface area contributed by atoms with E-state index in [-0.39, 0.29) is 18.2 Å². The number of nitrogens with zero attached hydrogens (tertiary/aromatic N) is 3. The predicted molar refractivity (Wildman–Crippen MR) is 65.8 cm³/mol. The normalized spacial score (nSPS) is 24.3. The molecule has 0 radical (unpaired) electrons. The van der Waals surface area contributed by atoms with Crippen molar-refractivity contribution in [2.24, 2.45) is 0 Å². The largest absolute Gasteiger partial charge is 0.394 e. The van der Waals surface area contributed by atoms with Crippen LogP contribution in [0.4, 0.5) is 5.82 Å². The molecule has 1 saturated carbocycles. The highest BCUT2D eigenvalue weighted by Gasteiger charge is 2.29. The first-order valence-electron chi connectivity index (χ1n) is 6.33. The molecular formula is C12H17N3O3. The molecule has 1 atom stereocenters. The minimum absolute atomic E-state index is 0.0283. The van der Waals surface area contributed by atoms with Crippen molar-refractivity contribution < 1.29 is 9.84 Å². The molecule has 0 aromatic carbocycles. The first-order valence-corrected chi connectivity index (χ1v) is 6.33. The van der Waals surface area contributed by atoms with E-state index in [9.17, 15) is 9.90 Å². The summed E-state index contributed by atoms with van der Waals surface area (Å²) in [5, 5.41) is 9.35. The zero-order valence-corrected chi connectivity index (χ0v) is 10.2. The highest BCUT2D eigenvalue weighted by molar-refractivity contribution is 5.38. The Hall–Kier alpha value is -1.40. The van der Waals surface area contributed by atoms with Crippen molar-refractivity contribution in [2.75, 3.05) is 31.3 Å². The van der Waals surface area contributed by atoms with Gasteiger partial charge in [0, 0.05) is 25.0 Å². The summed E-state index contributed by atoms with van der Waals surface area (Å²) in [6, 6.07) is 0.168. The van der Waals surface area contributed by atoms with Gasteiger partial charge in [-0.15, -0.1) is 0 Å². The molecule has 2 aliphatic rings. The van der Waals surface area contributed by atoms with Gasteiger partial charge in [0.15, 0.2) is 5.82 Å². The maximum atomic E-state index is 12.3. The van der Waals surface area contributed by atoms with E-state index in [0.29, 0.717) is 31.6 Å². The van der Waals surface area contributed by atoms with Crippen LogP contribution < -0.4 is 10.5 Å². The molecule has 0 bridgehead atoms. The molecule has 1 saturated heterocycles. The molecule has 0 amide bonds. The SMILES string of the molecule is O=c1c(N2CCOCC2CO)nccn1C1CC1. The smallest absolute Gasteiger partial charge is 0.293 e. The molecule has 98 valence electrons. The van der Waals surface area contributed by atoms with E-state index in [1.807, 2.05) is 4.90 Å². The molecule has 2 heterocycles. The second-order valence-electron chi connectivity index (χ2n) is 4.80. The van der Waals surface area contributed by atoms with Gasteiger partial charge in [0.05, 0.1) is 25.9 Å². The molecule has 0 spiro atoms. The number of hydrogen-bond acceptors (Lipinski definition) is 5. The number of ether oxygens (including phenoxy) is 1. The van der Waals surface area contributed by atoms with E-state index >= 15 is 0 Å². The number of aromatic nitrogens is 2. The van der Waals surface area contributed by atoms with Crippen LogP contribution in [-0.4, -0.2) is 47.1 Å². The number of morpholine rings is 1. The average molecular weight is 251 g/mol. The zero-order chi connectivity index (χ0) is 12.5. The molecule has 1 aliphatic carbocycles. The minimum Gasteiger partial charge on any atom is -0.394 e. The molecule has 1 N–H and O–H groups in total. The highest BCUT2D eigenvalue weighted by Crippen LogP contribution is 2.33. The van der Waals surface area contributed by atoms with Crippen LogP contribution in [0.2, 0.25) is 0 Å². The maximum Gasteiger partial charge on any atom is 0.293 e. The first-order chi connectivity index (χ1) is 8.81. The van der Waals surface area contributed by atoms with Crippen LogP contribution in [0.25, 0.3) is 0 Å². The van der Waals surface area contributed by atoms with Gasteiger partial charge in [0.2, 0.25) is 0 Å². The van der Waals surface area contributed by atoms with Crippen LogP contribution in [0.1, 0.15) is 18.9 Å². The van der Waals surface area contributed by atoms with Gasteiger partial charge in [-0.05, 0) is 12.8 Å². The van der Waals surface area contributed by atoms with Gasteiger partial charge in [-0.1, -0.05) is 0 Å². The van der Waals surface area contributed by atoms with Crippen molar-refractivity contribution >= 4 is 5.82 Å². The molecule has 6 heteroatoms. The topological polar surface area (TPSA) is 67.6 Å². The number of anilines is 1. The summed E-state index contributed by atoms with van der Waals surface area (Å²) >= 11 is 0. The van der Waals surface area contributed by atoms with Crippen molar-refractivity contribution in [3.05, 3.63) is 22.7 Å². The molecule has 1 aliphatic heterocycles. The first kappa shape index (κ1) is 11.7. The fraction of sp³-hybridized carbons (Fsp3) is 0.667. The van der Waals surface area contributed by atoms with E-state index in [1.165, 1.54) is 0 Å². The Bertz CT molecular complexity index is 484. The molecule has 1 unspecified atom stereocenters. The standard InChI is InChI=1S/C12H17N3O3/c16-7-10-8-18-6-5-14(10)11-12(17)15(4-3-13-11)9-1-2-9/h3-4,9-10,16H,1-2,5-8H2. The van der Waals surface area contributed by atoms with Crippen molar-refractivity contribution in [3.63, 3.8) is 0 Å². The predicted octanol–water partition coefficient (Wildman–Crippen LogP) is -0.224. The number of hydrogen-bond donors (Lipinski definition) is 1. The van der Waals surface area contributed by atoms with Crippen LogP contribution in [0.3, 0.4) is 0 Å². The quantitative estimate of drug-likeness (QED) is 0.804. The van der Waals surface area contributed by atoms with Crippen LogP contribution in [-0.2, 0) is 4.74 Å². The van der Waals surface area contributed by atoms with Crippen molar-refractivity contribution in [2.45, 2.75) is 24.9 Å². The van der Waals surface area contributed by atoms with Gasteiger partial charge in [0.25, 0.3) is 5.56 Å². The minimum atomic E-state index is -0.172. The van der Waals surface area contributed by atoms with Gasteiger partial charge in [0.1, 0.15) is 0 Å². The number of rotatable bonds is 3. The summed E-state index contributed by atoms with van der Waals surface area (Å²) in [5.41, 5.74) is -0.0552. The Morgan fingerprint density at radius 3 is 3.06 bits per heavy atom. The highest BCUT2D eigenvalue weighted by atomic mass is 16.5. The van der Waals surface area contributed by atoms with E-state index in [2.05, 4.69) is 4.98 Å². The summed E-state index contributed by atoms with van der Waals surface area (Å²) in [4.78, 5) is 18.4. The summed E-state index contributed by atoms with van der Waals surface area (Å²) in [7, 11) is 0. The lowest BCUT2D eigenvalue weighted by Crippen LogP contribution is -2.50. The second-order valence-corrected chi connectivity index (χ2v) is 4.80. The lowest BCUT2D eigenvalue weighted by molar-refractivity contribution is 0.0721. The van der Waals surface area contributed by atoms with Gasteiger partial charge < -0.3 is 19.3 Å². The lowest BCUT2D eigenvalue weighted by atomic mass is 10.2. The monoisotopic (exact) mass is 251 g/mol. The Kier molecular flexibility index (Phi) is 3.05. The fourth-order valence-electron chi connectivity index (χ4n) is 2.34. The lowest BCUT2D eigenvalue weighted by Gasteiger charge is -2.34. The molecule has 1 aromatic heterocycles. The zero-order valence-electron chi connectivity index (χ0n) is 10.2. The summed E-state index contributed by atoms with van der Waals surface area (Å²) in [5.74, 6) is 0.437. The van der Waals surface area contributed by atoms with E-state index < -0.39 is 0 Å². The summed E-state index contributed by atoms with van der Waals surface area (Å²) < 4.78 is 7.07. The molecule has 3 rings (SSSR count). The fourth-order valence-corrected chi connectivity index (χ4v) is 2.34. The summed E-state index contributed by atoms with van der Waals surface area (Å²) in [6.45, 7) is 1.58. The van der Waals surface area contributed by atoms with Gasteiger partial charge in [-0.25, -0.2) is 4.98 Å². The third-order valence-electron chi connectivity index (χ3n) is 3.50. The Balaban J connectivity index is 1.95. The maximum absolute atomic E-state index is 12.3. The van der Waals surface area contributed by atoms with Crippen LogP contribution >= 0.6 is 0 Å². The third kappa shape index (κ3) is 2.02. The Morgan fingerprint density at radius 1 is 1.50 bits per heavy atom. The number of aliphatic hydroxyl groups is 1. The average Bonchev–Trinajstić information content (AvgIpc) is 3.23. The van der Waals surface area contributed by atoms with E-state index in [1.54, 1.807) is 17.0 Å². The van der Waals surface area contributed by atoms with Crippen molar-refractivity contribution in [1.82, 2.24) is 9.55 Å². The molecule has 18 heavy (non-hydrogen) atoms. The van der Waals surface area contributed by atoms with Gasteiger partial charge in [-0.3, -0.25) is 4.79 Å². The van der Waals surface area contributed by atoms with Gasteiger partial charge >= 0.3 is 0 Å². The molecular weight excluding hydrogens is 234 g/mol. The van der Waals surface area contributed by atoms with E-state index in [4.69, 9.17) is 4.74 Å². The Labute approximate surface area is 105 Å². The summed E-state index contributed by atoms with van der Waals surface area (Å²) in [6.07, 6.45) is 5.54. The Morgan fingerprint density at radius 2 is 2.33 bits per heavy atom. The van der Waals surface area contributed by atoms with Crippen molar-refractivity contribution in [1.29, 1.82) is 0 Å². The molecule has 2 fully saturated rings.